The van der Waals surface area contributed by atoms with E-state index in [-0.39, 0.29) is 18.6 Å². The summed E-state index contributed by atoms with van der Waals surface area (Å²) in [5.41, 5.74) is 4.02. The molecular weight excluding hydrogens is 559 g/mol. The molecule has 41 heavy (non-hydrogen) atoms. The Hall–Kier alpha value is -2.77. The van der Waals surface area contributed by atoms with Crippen LogP contribution in [0.2, 0.25) is 10.0 Å². The number of carbonyl (C=O) groups is 1. The smallest absolute Gasteiger partial charge is 0.230 e. The standard InChI is InChI=1S/C33H38Cl2N2O4/c1-21-17-29(34)31(30(35)18-21)41-16-15-40-27-11-7-25(8-12-27)33(39)13-14-36-19-28(33)32(38)37(26-9-10-26)20-24-6-4-5-22(2)23(24)3/h4-8,11-12,17-18,26,28,36,39H,9-10,13-16,19-20H2,1-3H3/t28-,33+/m1/s1. The average Bonchev–Trinajstić information content (AvgIpc) is 3.78. The van der Waals surface area contributed by atoms with Crippen LogP contribution in [0.5, 0.6) is 11.5 Å². The van der Waals surface area contributed by atoms with Gasteiger partial charge in [0.05, 0.1) is 16.0 Å². The van der Waals surface area contributed by atoms with Crippen molar-refractivity contribution >= 4 is 29.1 Å². The van der Waals surface area contributed by atoms with Gasteiger partial charge >= 0.3 is 0 Å². The van der Waals surface area contributed by atoms with E-state index in [2.05, 4.69) is 31.3 Å². The third-order valence-corrected chi connectivity index (χ3v) is 8.89. The maximum absolute atomic E-state index is 14.1. The Balaban J connectivity index is 1.25. The van der Waals surface area contributed by atoms with Crippen molar-refractivity contribution in [3.8, 4) is 11.5 Å². The third-order valence-electron chi connectivity index (χ3n) is 8.33. The minimum Gasteiger partial charge on any atom is -0.490 e. The number of rotatable bonds is 10. The third kappa shape index (κ3) is 6.67. The van der Waals surface area contributed by atoms with Crippen LogP contribution in [0.15, 0.2) is 54.6 Å². The Bertz CT molecular complexity index is 1370. The Morgan fingerprint density at radius 1 is 1.02 bits per heavy atom. The van der Waals surface area contributed by atoms with E-state index in [1.165, 1.54) is 11.1 Å². The van der Waals surface area contributed by atoms with Crippen molar-refractivity contribution in [2.45, 2.75) is 58.2 Å². The van der Waals surface area contributed by atoms with Crippen LogP contribution < -0.4 is 14.8 Å². The van der Waals surface area contributed by atoms with Gasteiger partial charge in [0.25, 0.3) is 0 Å². The summed E-state index contributed by atoms with van der Waals surface area (Å²) in [6.07, 6.45) is 2.47. The van der Waals surface area contributed by atoms with Crippen molar-refractivity contribution < 1.29 is 19.4 Å². The Labute approximate surface area is 252 Å². The molecule has 1 saturated carbocycles. The molecule has 3 aromatic rings. The van der Waals surface area contributed by atoms with Crippen LogP contribution in [0.4, 0.5) is 0 Å². The molecule has 2 fully saturated rings. The number of nitrogens with zero attached hydrogens (tertiary/aromatic N) is 1. The summed E-state index contributed by atoms with van der Waals surface area (Å²) in [4.78, 5) is 16.1. The number of aliphatic hydroxyl groups is 1. The molecule has 1 heterocycles. The van der Waals surface area contributed by atoms with E-state index in [0.717, 1.165) is 29.5 Å². The van der Waals surface area contributed by atoms with Crippen LogP contribution >= 0.6 is 23.2 Å². The molecule has 2 aliphatic rings. The van der Waals surface area contributed by atoms with Crippen molar-refractivity contribution in [1.82, 2.24) is 10.2 Å². The minimum absolute atomic E-state index is 0.00834. The van der Waals surface area contributed by atoms with Crippen LogP contribution in [0.25, 0.3) is 0 Å². The van der Waals surface area contributed by atoms with E-state index in [9.17, 15) is 9.90 Å². The normalized spacial score (nSPS) is 20.5. The van der Waals surface area contributed by atoms with Gasteiger partial charge in [-0.05, 0) is 98.7 Å². The average molecular weight is 598 g/mol. The fraction of sp³-hybridized carbons (Fsp3) is 0.424. The molecule has 0 unspecified atom stereocenters. The van der Waals surface area contributed by atoms with Crippen molar-refractivity contribution in [2.24, 2.45) is 5.92 Å². The highest BCUT2D eigenvalue weighted by Gasteiger charge is 2.48. The monoisotopic (exact) mass is 596 g/mol. The van der Waals surface area contributed by atoms with E-state index in [4.69, 9.17) is 32.7 Å². The largest absolute Gasteiger partial charge is 0.490 e. The topological polar surface area (TPSA) is 71.0 Å². The maximum atomic E-state index is 14.1. The lowest BCUT2D eigenvalue weighted by molar-refractivity contribution is -0.150. The molecule has 0 radical (unpaired) electrons. The molecule has 0 aromatic heterocycles. The first kappa shape index (κ1) is 29.7. The number of piperidine rings is 1. The molecule has 2 atom stereocenters. The number of halogens is 2. The molecule has 0 bridgehead atoms. The Morgan fingerprint density at radius 3 is 2.39 bits per heavy atom. The first-order chi connectivity index (χ1) is 19.7. The van der Waals surface area contributed by atoms with Gasteiger partial charge < -0.3 is 24.8 Å². The second kappa shape index (κ2) is 12.6. The molecule has 1 saturated heterocycles. The van der Waals surface area contributed by atoms with Crippen LogP contribution in [-0.2, 0) is 16.9 Å². The first-order valence-corrected chi connectivity index (χ1v) is 15.0. The molecule has 1 amide bonds. The quantitative estimate of drug-likeness (QED) is 0.266. The highest BCUT2D eigenvalue weighted by Crippen LogP contribution is 2.40. The summed E-state index contributed by atoms with van der Waals surface area (Å²) in [5.74, 6) is 0.521. The number of amides is 1. The predicted molar refractivity (Wildman–Crippen MR) is 163 cm³/mol. The zero-order valence-electron chi connectivity index (χ0n) is 23.9. The molecule has 8 heteroatoms. The van der Waals surface area contributed by atoms with Gasteiger partial charge in [-0.2, -0.15) is 0 Å². The van der Waals surface area contributed by atoms with Crippen molar-refractivity contribution in [2.75, 3.05) is 26.3 Å². The molecule has 1 aliphatic carbocycles. The number of nitrogens with one attached hydrogen (secondary N) is 1. The van der Waals surface area contributed by atoms with Gasteiger partial charge in [0, 0.05) is 19.1 Å². The lowest BCUT2D eigenvalue weighted by Crippen LogP contribution is -2.55. The second-order valence-corrected chi connectivity index (χ2v) is 12.1. The van der Waals surface area contributed by atoms with Gasteiger partial charge in [0.1, 0.15) is 24.6 Å². The summed E-state index contributed by atoms with van der Waals surface area (Å²) in [7, 11) is 0. The summed E-state index contributed by atoms with van der Waals surface area (Å²) in [6.45, 7) is 8.34. The van der Waals surface area contributed by atoms with Gasteiger partial charge in [-0.3, -0.25) is 4.79 Å². The number of aryl methyl sites for hydroxylation is 2. The van der Waals surface area contributed by atoms with Crippen molar-refractivity contribution in [1.29, 1.82) is 0 Å². The van der Waals surface area contributed by atoms with Gasteiger partial charge in [-0.15, -0.1) is 0 Å². The minimum atomic E-state index is -1.27. The number of benzene rings is 3. The fourth-order valence-electron chi connectivity index (χ4n) is 5.61. The zero-order valence-corrected chi connectivity index (χ0v) is 25.4. The fourth-order valence-corrected chi connectivity index (χ4v) is 6.32. The maximum Gasteiger partial charge on any atom is 0.230 e. The van der Waals surface area contributed by atoms with E-state index in [0.29, 0.717) is 54.2 Å². The van der Waals surface area contributed by atoms with Crippen LogP contribution in [0, 0.1) is 26.7 Å². The molecule has 218 valence electrons. The van der Waals surface area contributed by atoms with Crippen molar-refractivity contribution in [3.63, 3.8) is 0 Å². The molecular formula is C33H38Cl2N2O4. The molecule has 3 aromatic carbocycles. The highest BCUT2D eigenvalue weighted by atomic mass is 35.5. The van der Waals surface area contributed by atoms with Crippen LogP contribution in [0.3, 0.4) is 0 Å². The van der Waals surface area contributed by atoms with E-state index >= 15 is 0 Å². The molecule has 2 N–H and O–H groups in total. The number of ether oxygens (including phenoxy) is 2. The van der Waals surface area contributed by atoms with E-state index in [1.54, 1.807) is 12.1 Å². The van der Waals surface area contributed by atoms with Crippen LogP contribution in [-0.4, -0.2) is 48.3 Å². The van der Waals surface area contributed by atoms with Gasteiger partial charge in [0.2, 0.25) is 5.91 Å². The van der Waals surface area contributed by atoms with Crippen molar-refractivity contribution in [3.05, 3.63) is 92.5 Å². The van der Waals surface area contributed by atoms with Gasteiger partial charge in [0.15, 0.2) is 5.75 Å². The molecule has 5 rings (SSSR count). The SMILES string of the molecule is Cc1cc(Cl)c(OCCOc2ccc([C@@]3(O)CCNC[C@@H]3C(=O)N(Cc3cccc(C)c3C)C3CC3)cc2)c(Cl)c1. The lowest BCUT2D eigenvalue weighted by Gasteiger charge is -2.42. The Kier molecular flexibility index (Phi) is 9.15. The van der Waals surface area contributed by atoms with Gasteiger partial charge in [-0.1, -0.05) is 53.5 Å². The van der Waals surface area contributed by atoms with E-state index in [1.807, 2.05) is 42.2 Å². The first-order valence-electron chi connectivity index (χ1n) is 14.3. The number of hydrogen-bond donors (Lipinski definition) is 2. The highest BCUT2D eigenvalue weighted by molar-refractivity contribution is 6.37. The summed E-state index contributed by atoms with van der Waals surface area (Å²) < 4.78 is 11.6. The lowest BCUT2D eigenvalue weighted by atomic mass is 9.75. The summed E-state index contributed by atoms with van der Waals surface area (Å²) in [6, 6.07) is 17.5. The molecule has 0 spiro atoms. The van der Waals surface area contributed by atoms with Crippen LogP contribution in [0.1, 0.15) is 47.1 Å². The zero-order chi connectivity index (χ0) is 29.1. The summed E-state index contributed by atoms with van der Waals surface area (Å²) >= 11 is 12.5. The summed E-state index contributed by atoms with van der Waals surface area (Å²) in [5, 5.41) is 16.3. The molecule has 6 nitrogen and oxygen atoms in total. The number of carbonyl (C=O) groups excluding carboxylic acids is 1. The predicted octanol–water partition coefficient (Wildman–Crippen LogP) is 6.36. The Morgan fingerprint density at radius 2 is 1.71 bits per heavy atom. The second-order valence-electron chi connectivity index (χ2n) is 11.3. The van der Waals surface area contributed by atoms with E-state index < -0.39 is 11.5 Å². The van der Waals surface area contributed by atoms with Gasteiger partial charge in [-0.25, -0.2) is 0 Å². The molecule has 1 aliphatic heterocycles. The number of hydrogen-bond acceptors (Lipinski definition) is 5.